The van der Waals surface area contributed by atoms with Crippen LogP contribution in [0.3, 0.4) is 0 Å². The number of piperidine rings is 1. The summed E-state index contributed by atoms with van der Waals surface area (Å²) in [6, 6.07) is 10.1. The van der Waals surface area contributed by atoms with E-state index in [4.69, 9.17) is 4.98 Å². The molecule has 0 aliphatic carbocycles. The van der Waals surface area contributed by atoms with Gasteiger partial charge in [0.15, 0.2) is 5.65 Å². The van der Waals surface area contributed by atoms with Gasteiger partial charge in [-0.2, -0.15) is 0 Å². The van der Waals surface area contributed by atoms with E-state index in [1.807, 2.05) is 18.5 Å². The van der Waals surface area contributed by atoms with Crippen molar-refractivity contribution in [1.82, 2.24) is 29.4 Å². The lowest BCUT2D eigenvalue weighted by Gasteiger charge is -2.31. The minimum atomic E-state index is 0.0446. The molecule has 1 fully saturated rings. The zero-order chi connectivity index (χ0) is 21.2. The second kappa shape index (κ2) is 8.35. The monoisotopic (exact) mass is 412 g/mol. The fraction of sp³-hybridized carbons (Fsp3) is 0.292. The van der Waals surface area contributed by atoms with Gasteiger partial charge in [0, 0.05) is 72.6 Å². The highest BCUT2D eigenvalue weighted by molar-refractivity contribution is 5.80. The number of hydrogen-bond donors (Lipinski definition) is 0. The molecule has 1 aliphatic heterocycles. The molecule has 5 rings (SSSR count). The quantitative estimate of drug-likeness (QED) is 0.512. The first kappa shape index (κ1) is 19.5. The number of nitrogens with zero attached hydrogens (tertiary/aromatic N) is 6. The molecule has 0 N–H and O–H groups in total. The molecular formula is C24H24N6O. The highest BCUT2D eigenvalue weighted by Crippen LogP contribution is 2.29. The summed E-state index contributed by atoms with van der Waals surface area (Å²) >= 11 is 0. The Labute approximate surface area is 180 Å². The van der Waals surface area contributed by atoms with Crippen LogP contribution in [0.2, 0.25) is 0 Å². The zero-order valence-electron chi connectivity index (χ0n) is 17.5. The van der Waals surface area contributed by atoms with Crippen molar-refractivity contribution in [2.45, 2.75) is 25.3 Å². The summed E-state index contributed by atoms with van der Waals surface area (Å²) in [6.07, 6.45) is 10.9. The Balaban J connectivity index is 1.27. The lowest BCUT2D eigenvalue weighted by Crippen LogP contribution is -2.33. The standard InChI is InChI=1S/C24H24N6O/c1-29-7-4-17(10-23(29)31)15-30-8-5-18(6-9-30)22-3-2-19-11-20(14-27-24(19)28-22)21-12-25-16-26-13-21/h2-4,7,10-14,16,18H,5-6,8-9,15H2,1H3. The van der Waals surface area contributed by atoms with Crippen LogP contribution in [0.25, 0.3) is 22.2 Å². The number of likely N-dealkylation sites (tertiary alicyclic amines) is 1. The molecule has 4 aromatic heterocycles. The minimum Gasteiger partial charge on any atom is -0.319 e. The fourth-order valence-electron chi connectivity index (χ4n) is 4.19. The molecular weight excluding hydrogens is 388 g/mol. The van der Waals surface area contributed by atoms with Crippen LogP contribution >= 0.6 is 0 Å². The number of rotatable bonds is 4. The van der Waals surface area contributed by atoms with E-state index in [0.29, 0.717) is 5.92 Å². The molecule has 0 amide bonds. The van der Waals surface area contributed by atoms with Gasteiger partial charge < -0.3 is 4.57 Å². The summed E-state index contributed by atoms with van der Waals surface area (Å²) in [5, 5.41) is 1.02. The lowest BCUT2D eigenvalue weighted by atomic mass is 9.92. The summed E-state index contributed by atoms with van der Waals surface area (Å²) in [5.41, 5.74) is 4.96. The number of fused-ring (bicyclic) bond motifs is 1. The predicted molar refractivity (Wildman–Crippen MR) is 119 cm³/mol. The predicted octanol–water partition coefficient (Wildman–Crippen LogP) is 3.17. The largest absolute Gasteiger partial charge is 0.319 e. The van der Waals surface area contributed by atoms with Gasteiger partial charge in [-0.05, 0) is 55.8 Å². The van der Waals surface area contributed by atoms with E-state index in [2.05, 4.69) is 38.1 Å². The Morgan fingerprint density at radius 3 is 2.58 bits per heavy atom. The van der Waals surface area contributed by atoms with Crippen molar-refractivity contribution in [1.29, 1.82) is 0 Å². The van der Waals surface area contributed by atoms with E-state index in [-0.39, 0.29) is 5.56 Å². The number of aromatic nitrogens is 5. The molecule has 156 valence electrons. The summed E-state index contributed by atoms with van der Waals surface area (Å²) in [6.45, 7) is 2.82. The Hall–Kier alpha value is -3.45. The SMILES string of the molecule is Cn1ccc(CN2CCC(c3ccc4cc(-c5cncnc5)cnc4n3)CC2)cc1=O. The van der Waals surface area contributed by atoms with E-state index in [1.165, 1.54) is 6.33 Å². The fourth-order valence-corrected chi connectivity index (χ4v) is 4.19. The first-order chi connectivity index (χ1) is 15.2. The van der Waals surface area contributed by atoms with Crippen molar-refractivity contribution in [3.05, 3.63) is 83.1 Å². The van der Waals surface area contributed by atoms with E-state index >= 15 is 0 Å². The summed E-state index contributed by atoms with van der Waals surface area (Å²) in [7, 11) is 1.78. The maximum absolute atomic E-state index is 11.9. The van der Waals surface area contributed by atoms with Crippen LogP contribution in [-0.4, -0.2) is 42.5 Å². The highest BCUT2D eigenvalue weighted by Gasteiger charge is 2.22. The van der Waals surface area contributed by atoms with Gasteiger partial charge in [-0.3, -0.25) is 9.69 Å². The zero-order valence-corrected chi connectivity index (χ0v) is 17.5. The third kappa shape index (κ3) is 4.22. The number of pyridine rings is 3. The Morgan fingerprint density at radius 1 is 1.00 bits per heavy atom. The second-order valence-corrected chi connectivity index (χ2v) is 8.17. The molecule has 0 radical (unpaired) electrons. The van der Waals surface area contributed by atoms with Crippen molar-refractivity contribution in [3.8, 4) is 11.1 Å². The molecule has 0 aromatic carbocycles. The van der Waals surface area contributed by atoms with Gasteiger partial charge in [0.1, 0.15) is 6.33 Å². The average Bonchev–Trinajstić information content (AvgIpc) is 2.82. The smallest absolute Gasteiger partial charge is 0.250 e. The lowest BCUT2D eigenvalue weighted by molar-refractivity contribution is 0.203. The average molecular weight is 412 g/mol. The van der Waals surface area contributed by atoms with Crippen molar-refractivity contribution < 1.29 is 0 Å². The van der Waals surface area contributed by atoms with Crippen molar-refractivity contribution in [3.63, 3.8) is 0 Å². The van der Waals surface area contributed by atoms with Crippen LogP contribution < -0.4 is 5.56 Å². The molecule has 5 heterocycles. The summed E-state index contributed by atoms with van der Waals surface area (Å²) in [4.78, 5) is 31.9. The molecule has 0 atom stereocenters. The topological polar surface area (TPSA) is 76.8 Å². The van der Waals surface area contributed by atoms with Crippen molar-refractivity contribution in [2.75, 3.05) is 13.1 Å². The van der Waals surface area contributed by atoms with Crippen LogP contribution in [0, 0.1) is 0 Å². The molecule has 0 spiro atoms. The van der Waals surface area contributed by atoms with Crippen LogP contribution in [0.5, 0.6) is 0 Å². The number of hydrogen-bond acceptors (Lipinski definition) is 6. The Morgan fingerprint density at radius 2 is 1.81 bits per heavy atom. The molecule has 7 nitrogen and oxygen atoms in total. The van der Waals surface area contributed by atoms with E-state index in [9.17, 15) is 4.79 Å². The van der Waals surface area contributed by atoms with E-state index in [0.717, 1.165) is 65.9 Å². The van der Waals surface area contributed by atoms with Crippen molar-refractivity contribution >= 4 is 11.0 Å². The van der Waals surface area contributed by atoms with Crippen LogP contribution in [-0.2, 0) is 13.6 Å². The normalized spacial score (nSPS) is 15.4. The molecule has 0 bridgehead atoms. The molecule has 0 saturated carbocycles. The molecule has 0 unspecified atom stereocenters. The maximum Gasteiger partial charge on any atom is 0.250 e. The maximum atomic E-state index is 11.9. The molecule has 4 aromatic rings. The van der Waals surface area contributed by atoms with Gasteiger partial charge in [0.05, 0.1) is 0 Å². The second-order valence-electron chi connectivity index (χ2n) is 8.17. The molecule has 7 heteroatoms. The van der Waals surface area contributed by atoms with Crippen molar-refractivity contribution in [2.24, 2.45) is 7.05 Å². The van der Waals surface area contributed by atoms with Gasteiger partial charge in [-0.15, -0.1) is 0 Å². The highest BCUT2D eigenvalue weighted by atomic mass is 16.1. The Bertz CT molecular complexity index is 1260. The molecule has 31 heavy (non-hydrogen) atoms. The molecule has 1 saturated heterocycles. The van der Waals surface area contributed by atoms with Crippen LogP contribution in [0.1, 0.15) is 30.0 Å². The summed E-state index contributed by atoms with van der Waals surface area (Å²) in [5.74, 6) is 0.438. The van der Waals surface area contributed by atoms with E-state index < -0.39 is 0 Å². The first-order valence-electron chi connectivity index (χ1n) is 10.6. The van der Waals surface area contributed by atoms with Crippen LogP contribution in [0.4, 0.5) is 0 Å². The third-order valence-corrected chi connectivity index (χ3v) is 6.04. The summed E-state index contributed by atoms with van der Waals surface area (Å²) < 4.78 is 1.60. The van der Waals surface area contributed by atoms with Gasteiger partial charge in [0.25, 0.3) is 5.56 Å². The molecule has 1 aliphatic rings. The minimum absolute atomic E-state index is 0.0446. The Kier molecular flexibility index (Phi) is 5.26. The first-order valence-corrected chi connectivity index (χ1v) is 10.6. The third-order valence-electron chi connectivity index (χ3n) is 6.04. The number of aryl methyl sites for hydroxylation is 1. The van der Waals surface area contributed by atoms with E-state index in [1.54, 1.807) is 30.1 Å². The van der Waals surface area contributed by atoms with Gasteiger partial charge >= 0.3 is 0 Å². The van der Waals surface area contributed by atoms with Crippen LogP contribution in [0.15, 0.2) is 66.2 Å². The van der Waals surface area contributed by atoms with Gasteiger partial charge in [0.2, 0.25) is 0 Å². The van der Waals surface area contributed by atoms with Gasteiger partial charge in [-0.1, -0.05) is 0 Å². The van der Waals surface area contributed by atoms with Gasteiger partial charge in [-0.25, -0.2) is 19.9 Å².